The molecule has 1 aromatic heterocycles. The Morgan fingerprint density at radius 2 is 1.84 bits per heavy atom. The zero-order chi connectivity index (χ0) is 13.4. The Morgan fingerprint density at radius 1 is 1.11 bits per heavy atom. The van der Waals surface area contributed by atoms with Crippen molar-refractivity contribution in [2.45, 2.75) is 6.92 Å². The number of nitrogens with zero attached hydrogens (tertiary/aromatic N) is 3. The van der Waals surface area contributed by atoms with Gasteiger partial charge in [0, 0.05) is 37.3 Å². The molecule has 19 heavy (non-hydrogen) atoms. The quantitative estimate of drug-likeness (QED) is 0.791. The summed E-state index contributed by atoms with van der Waals surface area (Å²) in [7, 11) is 2.17. The van der Waals surface area contributed by atoms with E-state index in [4.69, 9.17) is 10.7 Å². The number of fused-ring (bicyclic) bond motifs is 1. The molecule has 0 unspecified atom stereocenters. The van der Waals surface area contributed by atoms with Gasteiger partial charge in [-0.15, -0.1) is 0 Å². The fourth-order valence-electron chi connectivity index (χ4n) is 2.63. The van der Waals surface area contributed by atoms with Crippen LogP contribution in [0.3, 0.4) is 0 Å². The van der Waals surface area contributed by atoms with Crippen LogP contribution in [-0.2, 0) is 0 Å². The van der Waals surface area contributed by atoms with Crippen LogP contribution in [0.15, 0.2) is 24.3 Å². The molecule has 4 nitrogen and oxygen atoms in total. The fraction of sp³-hybridized carbons (Fsp3) is 0.400. The van der Waals surface area contributed by atoms with E-state index in [1.165, 1.54) is 5.56 Å². The summed E-state index contributed by atoms with van der Waals surface area (Å²) in [5, 5.41) is 1.12. The van der Waals surface area contributed by atoms with E-state index in [1.54, 1.807) is 0 Å². The highest BCUT2D eigenvalue weighted by atomic mass is 15.3. The molecule has 0 aliphatic carbocycles. The molecule has 0 radical (unpaired) electrons. The summed E-state index contributed by atoms with van der Waals surface area (Å²) in [5.41, 5.74) is 8.87. The third-order valence-corrected chi connectivity index (χ3v) is 3.81. The number of likely N-dealkylation sites (N-methyl/N-ethyl adjacent to an activating group) is 1. The van der Waals surface area contributed by atoms with E-state index in [0.29, 0.717) is 0 Å². The summed E-state index contributed by atoms with van der Waals surface area (Å²) < 4.78 is 0. The molecule has 0 bridgehead atoms. The molecular formula is C15H20N4. The summed E-state index contributed by atoms with van der Waals surface area (Å²) >= 11 is 0. The van der Waals surface area contributed by atoms with E-state index in [0.717, 1.165) is 48.6 Å². The van der Waals surface area contributed by atoms with Crippen molar-refractivity contribution in [2.24, 2.45) is 0 Å². The monoisotopic (exact) mass is 256 g/mol. The van der Waals surface area contributed by atoms with Gasteiger partial charge in [0.1, 0.15) is 5.82 Å². The van der Waals surface area contributed by atoms with E-state index in [2.05, 4.69) is 29.8 Å². The number of benzene rings is 1. The van der Waals surface area contributed by atoms with Crippen LogP contribution in [0.5, 0.6) is 0 Å². The van der Waals surface area contributed by atoms with Crippen LogP contribution in [0.4, 0.5) is 11.5 Å². The molecule has 0 atom stereocenters. The number of hydrogen-bond donors (Lipinski definition) is 1. The average molecular weight is 256 g/mol. The number of aryl methyl sites for hydroxylation is 1. The largest absolute Gasteiger partial charge is 0.399 e. The first-order valence-electron chi connectivity index (χ1n) is 6.74. The molecule has 1 aliphatic rings. The van der Waals surface area contributed by atoms with E-state index in [-0.39, 0.29) is 0 Å². The molecule has 1 fully saturated rings. The van der Waals surface area contributed by atoms with Crippen LogP contribution >= 0.6 is 0 Å². The topological polar surface area (TPSA) is 45.4 Å². The predicted molar refractivity (Wildman–Crippen MR) is 80.6 cm³/mol. The van der Waals surface area contributed by atoms with Gasteiger partial charge in [0.2, 0.25) is 0 Å². The molecule has 1 saturated heterocycles. The molecule has 2 aromatic rings. The lowest BCUT2D eigenvalue weighted by molar-refractivity contribution is 0.312. The molecule has 1 aromatic carbocycles. The maximum absolute atomic E-state index is 5.83. The van der Waals surface area contributed by atoms with E-state index in [9.17, 15) is 0 Å². The van der Waals surface area contributed by atoms with Gasteiger partial charge in [-0.05, 0) is 43.8 Å². The van der Waals surface area contributed by atoms with Crippen LogP contribution in [0, 0.1) is 6.92 Å². The average Bonchev–Trinajstić information content (AvgIpc) is 2.39. The van der Waals surface area contributed by atoms with Gasteiger partial charge in [-0.1, -0.05) is 0 Å². The molecule has 0 saturated carbocycles. The minimum atomic E-state index is 0.793. The number of hydrogen-bond acceptors (Lipinski definition) is 4. The Bertz CT molecular complexity index is 600. The van der Waals surface area contributed by atoms with Gasteiger partial charge in [-0.2, -0.15) is 0 Å². The highest BCUT2D eigenvalue weighted by molar-refractivity contribution is 5.84. The molecule has 0 spiro atoms. The number of aromatic nitrogens is 1. The van der Waals surface area contributed by atoms with Gasteiger partial charge in [0.15, 0.2) is 0 Å². The Hall–Kier alpha value is -1.81. The molecule has 100 valence electrons. The second kappa shape index (κ2) is 4.70. The van der Waals surface area contributed by atoms with Crippen molar-refractivity contribution in [1.29, 1.82) is 0 Å². The molecule has 4 heteroatoms. The lowest BCUT2D eigenvalue weighted by Crippen LogP contribution is -2.45. The molecule has 0 amide bonds. The first-order chi connectivity index (χ1) is 9.13. The third kappa shape index (κ3) is 2.36. The van der Waals surface area contributed by atoms with E-state index < -0.39 is 0 Å². The van der Waals surface area contributed by atoms with Crippen molar-refractivity contribution in [3.8, 4) is 0 Å². The van der Waals surface area contributed by atoms with Crippen molar-refractivity contribution < 1.29 is 0 Å². The number of anilines is 2. The van der Waals surface area contributed by atoms with Gasteiger partial charge in [0.05, 0.1) is 5.52 Å². The Labute approximate surface area is 113 Å². The lowest BCUT2D eigenvalue weighted by atomic mass is 10.1. The Kier molecular flexibility index (Phi) is 3.03. The summed E-state index contributed by atoms with van der Waals surface area (Å²) in [6, 6.07) is 8.09. The van der Waals surface area contributed by atoms with Crippen molar-refractivity contribution >= 4 is 22.4 Å². The number of piperazine rings is 1. The maximum Gasteiger partial charge on any atom is 0.132 e. The van der Waals surface area contributed by atoms with Crippen molar-refractivity contribution in [2.75, 3.05) is 43.9 Å². The van der Waals surface area contributed by atoms with Gasteiger partial charge in [0.25, 0.3) is 0 Å². The number of pyridine rings is 1. The highest BCUT2D eigenvalue weighted by Gasteiger charge is 2.17. The van der Waals surface area contributed by atoms with Crippen molar-refractivity contribution in [3.63, 3.8) is 0 Å². The van der Waals surface area contributed by atoms with Gasteiger partial charge in [-0.25, -0.2) is 4.98 Å². The zero-order valence-corrected chi connectivity index (χ0v) is 11.6. The molecule has 2 N–H and O–H groups in total. The number of nitrogens with two attached hydrogens (primary N) is 1. The smallest absolute Gasteiger partial charge is 0.132 e. The van der Waals surface area contributed by atoms with E-state index in [1.807, 2.05) is 18.2 Å². The second-order valence-corrected chi connectivity index (χ2v) is 5.37. The summed E-state index contributed by atoms with van der Waals surface area (Å²) in [5.74, 6) is 1.12. The molecule has 3 rings (SSSR count). The Balaban J connectivity index is 1.99. The minimum absolute atomic E-state index is 0.793. The SMILES string of the molecule is Cc1cc2cc(N)ccc2nc1N1CCN(C)CC1. The summed E-state index contributed by atoms with van der Waals surface area (Å²) in [6.45, 7) is 6.42. The van der Waals surface area contributed by atoms with E-state index >= 15 is 0 Å². The molecule has 2 heterocycles. The third-order valence-electron chi connectivity index (χ3n) is 3.81. The summed E-state index contributed by atoms with van der Waals surface area (Å²) in [4.78, 5) is 9.55. The molecule has 1 aliphatic heterocycles. The van der Waals surface area contributed by atoms with Crippen LogP contribution in [-0.4, -0.2) is 43.1 Å². The Morgan fingerprint density at radius 3 is 2.58 bits per heavy atom. The highest BCUT2D eigenvalue weighted by Crippen LogP contribution is 2.25. The van der Waals surface area contributed by atoms with Crippen LogP contribution < -0.4 is 10.6 Å². The zero-order valence-electron chi connectivity index (χ0n) is 11.6. The van der Waals surface area contributed by atoms with Crippen LogP contribution in [0.1, 0.15) is 5.56 Å². The van der Waals surface area contributed by atoms with Crippen molar-refractivity contribution in [1.82, 2.24) is 9.88 Å². The van der Waals surface area contributed by atoms with Crippen LogP contribution in [0.2, 0.25) is 0 Å². The van der Waals surface area contributed by atoms with Crippen molar-refractivity contribution in [3.05, 3.63) is 29.8 Å². The second-order valence-electron chi connectivity index (χ2n) is 5.37. The van der Waals surface area contributed by atoms with Gasteiger partial charge >= 0.3 is 0 Å². The normalized spacial score (nSPS) is 17.1. The summed E-state index contributed by atoms with van der Waals surface area (Å²) in [6.07, 6.45) is 0. The van der Waals surface area contributed by atoms with Gasteiger partial charge in [-0.3, -0.25) is 0 Å². The van der Waals surface area contributed by atoms with Gasteiger partial charge < -0.3 is 15.5 Å². The first kappa shape index (κ1) is 12.2. The van der Waals surface area contributed by atoms with Crippen LogP contribution in [0.25, 0.3) is 10.9 Å². The molecular weight excluding hydrogens is 236 g/mol. The predicted octanol–water partition coefficient (Wildman–Crippen LogP) is 1.88. The number of rotatable bonds is 1. The fourth-order valence-corrected chi connectivity index (χ4v) is 2.63. The number of nitrogen functional groups attached to an aromatic ring is 1. The lowest BCUT2D eigenvalue weighted by Gasteiger charge is -2.34. The maximum atomic E-state index is 5.83. The standard InChI is InChI=1S/C15H20N4/c1-11-9-12-10-13(16)3-4-14(12)17-15(11)19-7-5-18(2)6-8-19/h3-4,9-10H,5-8,16H2,1-2H3. The minimum Gasteiger partial charge on any atom is -0.399 e. The first-order valence-corrected chi connectivity index (χ1v) is 6.74.